The highest BCUT2D eigenvalue weighted by Gasteiger charge is 2.22. The number of nitrogens with zero attached hydrogens (tertiary/aromatic N) is 2. The average molecular weight is 448 g/mol. The summed E-state index contributed by atoms with van der Waals surface area (Å²) >= 11 is 1.85. The number of anilines is 1. The van der Waals surface area contributed by atoms with Crippen LogP contribution in [0.5, 0.6) is 0 Å². The molecule has 0 radical (unpaired) electrons. The maximum Gasteiger partial charge on any atom is 0.191 e. The van der Waals surface area contributed by atoms with E-state index >= 15 is 0 Å². The molecular weight excluding hydrogens is 419 g/mol. The number of benzene rings is 1. The SMILES string of the molecule is CCNC(=NCC(C)N1CCc2ccccc21)NCCSC.I. The van der Waals surface area contributed by atoms with E-state index in [0.29, 0.717) is 6.04 Å². The first-order valence-electron chi connectivity index (χ1n) is 8.12. The normalized spacial score (nSPS) is 14.9. The Kier molecular flexibility index (Phi) is 9.78. The molecule has 0 saturated heterocycles. The highest BCUT2D eigenvalue weighted by molar-refractivity contribution is 14.0. The van der Waals surface area contributed by atoms with Crippen molar-refractivity contribution >= 4 is 47.4 Å². The van der Waals surface area contributed by atoms with Crippen LogP contribution in [0.3, 0.4) is 0 Å². The molecule has 0 bridgehead atoms. The van der Waals surface area contributed by atoms with Gasteiger partial charge in [-0.15, -0.1) is 24.0 Å². The van der Waals surface area contributed by atoms with Gasteiger partial charge in [0.05, 0.1) is 6.54 Å². The van der Waals surface area contributed by atoms with Crippen LogP contribution in [-0.4, -0.2) is 50.2 Å². The topological polar surface area (TPSA) is 39.7 Å². The number of halogens is 1. The molecule has 1 unspecified atom stereocenters. The Morgan fingerprint density at radius 2 is 2.13 bits per heavy atom. The average Bonchev–Trinajstić information content (AvgIpc) is 2.96. The highest BCUT2D eigenvalue weighted by atomic mass is 127. The first-order valence-corrected chi connectivity index (χ1v) is 9.51. The Hall–Kier alpha value is -0.630. The molecule has 4 nitrogen and oxygen atoms in total. The van der Waals surface area contributed by atoms with Gasteiger partial charge in [0.1, 0.15) is 0 Å². The van der Waals surface area contributed by atoms with Crippen LogP contribution in [0.15, 0.2) is 29.3 Å². The molecule has 2 N–H and O–H groups in total. The van der Waals surface area contributed by atoms with Crippen LogP contribution in [0, 0.1) is 0 Å². The van der Waals surface area contributed by atoms with Crippen molar-refractivity contribution in [1.82, 2.24) is 10.6 Å². The van der Waals surface area contributed by atoms with Crippen molar-refractivity contribution in [1.29, 1.82) is 0 Å². The van der Waals surface area contributed by atoms with E-state index in [2.05, 4.69) is 59.9 Å². The van der Waals surface area contributed by atoms with Crippen LogP contribution >= 0.6 is 35.7 Å². The highest BCUT2D eigenvalue weighted by Crippen LogP contribution is 2.29. The minimum absolute atomic E-state index is 0. The van der Waals surface area contributed by atoms with E-state index in [-0.39, 0.29) is 24.0 Å². The van der Waals surface area contributed by atoms with Crippen molar-refractivity contribution in [2.75, 3.05) is 43.1 Å². The Morgan fingerprint density at radius 3 is 2.87 bits per heavy atom. The summed E-state index contributed by atoms with van der Waals surface area (Å²) in [6, 6.07) is 9.13. The van der Waals surface area contributed by atoms with Crippen molar-refractivity contribution in [3.63, 3.8) is 0 Å². The third-order valence-electron chi connectivity index (χ3n) is 3.91. The molecule has 0 spiro atoms. The fourth-order valence-electron chi connectivity index (χ4n) is 2.76. The molecule has 0 aromatic heterocycles. The number of guanidine groups is 1. The minimum atomic E-state index is 0. The molecule has 23 heavy (non-hydrogen) atoms. The first kappa shape index (κ1) is 20.4. The van der Waals surface area contributed by atoms with Gasteiger partial charge >= 0.3 is 0 Å². The van der Waals surface area contributed by atoms with E-state index in [1.165, 1.54) is 11.3 Å². The first-order chi connectivity index (χ1) is 10.8. The molecule has 1 aromatic carbocycles. The lowest BCUT2D eigenvalue weighted by molar-refractivity contribution is 0.658. The molecule has 0 amide bonds. The van der Waals surface area contributed by atoms with E-state index in [4.69, 9.17) is 4.99 Å². The molecule has 0 aliphatic carbocycles. The molecule has 130 valence electrons. The van der Waals surface area contributed by atoms with Gasteiger partial charge in [-0.25, -0.2) is 0 Å². The van der Waals surface area contributed by atoms with Crippen molar-refractivity contribution in [3.8, 4) is 0 Å². The molecule has 1 aliphatic rings. The zero-order valence-corrected chi connectivity index (χ0v) is 17.5. The second kappa shape index (κ2) is 11.0. The molecular formula is C17H29IN4S. The van der Waals surface area contributed by atoms with E-state index in [1.807, 2.05) is 11.8 Å². The Bertz CT molecular complexity index is 495. The van der Waals surface area contributed by atoms with Gasteiger partial charge in [-0.05, 0) is 38.2 Å². The van der Waals surface area contributed by atoms with Crippen LogP contribution in [-0.2, 0) is 6.42 Å². The van der Waals surface area contributed by atoms with Gasteiger partial charge in [0.15, 0.2) is 5.96 Å². The predicted octanol–water partition coefficient (Wildman–Crippen LogP) is 2.97. The van der Waals surface area contributed by atoms with Crippen molar-refractivity contribution in [3.05, 3.63) is 29.8 Å². The number of para-hydroxylation sites is 1. The summed E-state index contributed by atoms with van der Waals surface area (Å²) in [5.41, 5.74) is 2.84. The lowest BCUT2D eigenvalue weighted by atomic mass is 10.2. The van der Waals surface area contributed by atoms with E-state index in [9.17, 15) is 0 Å². The number of fused-ring (bicyclic) bond motifs is 1. The summed E-state index contributed by atoms with van der Waals surface area (Å²) in [6.07, 6.45) is 3.27. The second-order valence-corrected chi connectivity index (χ2v) is 6.55. The summed E-state index contributed by atoms with van der Waals surface area (Å²) in [5, 5.41) is 6.70. The number of rotatable bonds is 7. The summed E-state index contributed by atoms with van der Waals surface area (Å²) in [6.45, 7) is 8.12. The predicted molar refractivity (Wildman–Crippen MR) is 115 cm³/mol. The minimum Gasteiger partial charge on any atom is -0.366 e. The van der Waals surface area contributed by atoms with Crippen LogP contribution < -0.4 is 15.5 Å². The smallest absolute Gasteiger partial charge is 0.191 e. The van der Waals surface area contributed by atoms with Crippen LogP contribution in [0.25, 0.3) is 0 Å². The summed E-state index contributed by atoms with van der Waals surface area (Å²) in [7, 11) is 0. The van der Waals surface area contributed by atoms with Gasteiger partial charge in [0.25, 0.3) is 0 Å². The Morgan fingerprint density at radius 1 is 1.35 bits per heavy atom. The molecule has 0 fully saturated rings. The Labute approximate surface area is 161 Å². The zero-order chi connectivity index (χ0) is 15.8. The van der Waals surface area contributed by atoms with E-state index in [1.54, 1.807) is 0 Å². The molecule has 2 rings (SSSR count). The number of thioether (sulfide) groups is 1. The van der Waals surface area contributed by atoms with Gasteiger partial charge in [-0.2, -0.15) is 11.8 Å². The second-order valence-electron chi connectivity index (χ2n) is 5.56. The van der Waals surface area contributed by atoms with Gasteiger partial charge in [0.2, 0.25) is 0 Å². The summed E-state index contributed by atoms with van der Waals surface area (Å²) in [4.78, 5) is 7.22. The van der Waals surface area contributed by atoms with Gasteiger partial charge in [-0.3, -0.25) is 4.99 Å². The van der Waals surface area contributed by atoms with Gasteiger partial charge < -0.3 is 15.5 Å². The molecule has 1 atom stereocenters. The van der Waals surface area contributed by atoms with Crippen molar-refractivity contribution in [2.45, 2.75) is 26.3 Å². The third kappa shape index (κ3) is 6.06. The lowest BCUT2D eigenvalue weighted by Gasteiger charge is -2.26. The molecule has 6 heteroatoms. The fraction of sp³-hybridized carbons (Fsp3) is 0.588. The number of hydrogen-bond donors (Lipinski definition) is 2. The van der Waals surface area contributed by atoms with Crippen molar-refractivity contribution < 1.29 is 0 Å². The van der Waals surface area contributed by atoms with Crippen LogP contribution in [0.4, 0.5) is 5.69 Å². The molecule has 1 aliphatic heterocycles. The zero-order valence-electron chi connectivity index (χ0n) is 14.3. The summed E-state index contributed by atoms with van der Waals surface area (Å²) < 4.78 is 0. The standard InChI is InChI=1S/C17H28N4S.HI/c1-4-18-17(19-10-12-22-3)20-13-14(2)21-11-9-15-7-5-6-8-16(15)21;/h5-8,14H,4,9-13H2,1-3H3,(H2,18,19,20);1H. The quantitative estimate of drug-likeness (QED) is 0.291. The third-order valence-corrected chi connectivity index (χ3v) is 4.52. The monoisotopic (exact) mass is 448 g/mol. The molecule has 0 saturated carbocycles. The number of hydrogen-bond acceptors (Lipinski definition) is 3. The van der Waals surface area contributed by atoms with Crippen LogP contribution in [0.1, 0.15) is 19.4 Å². The summed E-state index contributed by atoms with van der Waals surface area (Å²) in [5.74, 6) is 2.02. The van der Waals surface area contributed by atoms with Crippen LogP contribution in [0.2, 0.25) is 0 Å². The maximum atomic E-state index is 4.75. The van der Waals surface area contributed by atoms with Gasteiger partial charge in [-0.1, -0.05) is 18.2 Å². The van der Waals surface area contributed by atoms with E-state index in [0.717, 1.165) is 44.3 Å². The van der Waals surface area contributed by atoms with E-state index < -0.39 is 0 Å². The molecule has 1 heterocycles. The largest absolute Gasteiger partial charge is 0.366 e. The Balaban J connectivity index is 0.00000264. The maximum absolute atomic E-state index is 4.75. The lowest BCUT2D eigenvalue weighted by Crippen LogP contribution is -2.40. The van der Waals surface area contributed by atoms with Gasteiger partial charge in [0, 0.05) is 37.1 Å². The fourth-order valence-corrected chi connectivity index (χ4v) is 3.06. The number of aliphatic imine (C=N–C) groups is 1. The number of nitrogens with one attached hydrogen (secondary N) is 2. The van der Waals surface area contributed by atoms with Crippen molar-refractivity contribution in [2.24, 2.45) is 4.99 Å². The molecule has 1 aromatic rings.